The van der Waals surface area contributed by atoms with Crippen LogP contribution >= 0.6 is 0 Å². The fourth-order valence-electron chi connectivity index (χ4n) is 3.20. The van der Waals surface area contributed by atoms with E-state index in [1.807, 2.05) is 43.3 Å². The monoisotopic (exact) mass is 415 g/mol. The summed E-state index contributed by atoms with van der Waals surface area (Å²) in [6.07, 6.45) is 0. The van der Waals surface area contributed by atoms with E-state index in [0.29, 0.717) is 34.5 Å². The molecule has 0 aliphatic rings. The first-order valence-electron chi connectivity index (χ1n) is 9.62. The Morgan fingerprint density at radius 2 is 1.45 bits per heavy atom. The molecule has 0 aliphatic heterocycles. The Morgan fingerprint density at radius 3 is 2.06 bits per heavy atom. The van der Waals surface area contributed by atoms with E-state index in [0.717, 1.165) is 16.7 Å². The predicted octanol–water partition coefficient (Wildman–Crippen LogP) is 4.98. The van der Waals surface area contributed by atoms with Gasteiger partial charge in [0.15, 0.2) is 0 Å². The maximum absolute atomic E-state index is 12.8. The Bertz CT molecular complexity index is 1190. The van der Waals surface area contributed by atoms with Gasteiger partial charge in [-0.05, 0) is 55.5 Å². The molecule has 7 heteroatoms. The van der Waals surface area contributed by atoms with Gasteiger partial charge in [-0.3, -0.25) is 4.79 Å². The van der Waals surface area contributed by atoms with Crippen LogP contribution in [0.1, 0.15) is 15.9 Å². The van der Waals surface area contributed by atoms with Gasteiger partial charge in [0.1, 0.15) is 17.1 Å². The zero-order chi connectivity index (χ0) is 21.8. The standard InChI is InChI=1S/C24H21N3O4/c1-15-6-4-7-17(14-15)24-27-26-23(31-24)16-10-12-18(13-11-16)25-22(28)21-19(29-2)8-5-9-20(21)30-3/h4-14H,1-3H3,(H,25,28). The van der Waals surface area contributed by atoms with Crippen molar-refractivity contribution >= 4 is 11.6 Å². The molecule has 0 saturated carbocycles. The quantitative estimate of drug-likeness (QED) is 0.478. The third-order valence-electron chi connectivity index (χ3n) is 4.73. The normalized spacial score (nSPS) is 10.5. The van der Waals surface area contributed by atoms with Crippen molar-refractivity contribution in [2.45, 2.75) is 6.92 Å². The number of hydrogen-bond acceptors (Lipinski definition) is 6. The highest BCUT2D eigenvalue weighted by molar-refractivity contribution is 6.08. The number of benzene rings is 3. The molecule has 0 fully saturated rings. The van der Waals surface area contributed by atoms with Crippen LogP contribution in [0.2, 0.25) is 0 Å². The summed E-state index contributed by atoms with van der Waals surface area (Å²) >= 11 is 0. The van der Waals surface area contributed by atoms with Gasteiger partial charge in [0.25, 0.3) is 5.91 Å². The van der Waals surface area contributed by atoms with E-state index in [1.165, 1.54) is 14.2 Å². The molecular weight excluding hydrogens is 394 g/mol. The molecule has 0 spiro atoms. The first-order valence-corrected chi connectivity index (χ1v) is 9.62. The van der Waals surface area contributed by atoms with Crippen molar-refractivity contribution < 1.29 is 18.7 Å². The van der Waals surface area contributed by atoms with Crippen LogP contribution < -0.4 is 14.8 Å². The molecule has 1 amide bonds. The van der Waals surface area contributed by atoms with Crippen LogP contribution in [0.3, 0.4) is 0 Å². The van der Waals surface area contributed by atoms with Crippen molar-refractivity contribution in [3.63, 3.8) is 0 Å². The summed E-state index contributed by atoms with van der Waals surface area (Å²) in [6.45, 7) is 2.01. The number of aryl methyl sites for hydroxylation is 1. The number of carbonyl (C=O) groups is 1. The zero-order valence-electron chi connectivity index (χ0n) is 17.4. The largest absolute Gasteiger partial charge is 0.496 e. The lowest BCUT2D eigenvalue weighted by Gasteiger charge is -2.13. The number of ether oxygens (including phenoxy) is 2. The van der Waals surface area contributed by atoms with Crippen molar-refractivity contribution in [1.29, 1.82) is 0 Å². The molecule has 31 heavy (non-hydrogen) atoms. The Balaban J connectivity index is 1.53. The van der Waals surface area contributed by atoms with Crippen LogP contribution in [0.25, 0.3) is 22.9 Å². The number of hydrogen-bond donors (Lipinski definition) is 1. The summed E-state index contributed by atoms with van der Waals surface area (Å²) in [4.78, 5) is 12.8. The third-order valence-corrected chi connectivity index (χ3v) is 4.73. The Labute approximate surface area is 179 Å². The second-order valence-electron chi connectivity index (χ2n) is 6.85. The van der Waals surface area contributed by atoms with Gasteiger partial charge >= 0.3 is 0 Å². The lowest BCUT2D eigenvalue weighted by Crippen LogP contribution is -2.14. The molecule has 0 saturated heterocycles. The molecule has 0 aliphatic carbocycles. The van der Waals surface area contributed by atoms with Gasteiger partial charge < -0.3 is 19.2 Å². The highest BCUT2D eigenvalue weighted by Gasteiger charge is 2.18. The molecule has 156 valence electrons. The minimum absolute atomic E-state index is 0.330. The average molecular weight is 415 g/mol. The molecule has 1 heterocycles. The zero-order valence-corrected chi connectivity index (χ0v) is 17.4. The van der Waals surface area contributed by atoms with E-state index in [1.54, 1.807) is 30.3 Å². The van der Waals surface area contributed by atoms with E-state index in [2.05, 4.69) is 15.5 Å². The highest BCUT2D eigenvalue weighted by atomic mass is 16.5. The molecule has 0 unspecified atom stereocenters. The van der Waals surface area contributed by atoms with Crippen molar-refractivity contribution in [3.8, 4) is 34.4 Å². The van der Waals surface area contributed by atoms with Crippen LogP contribution in [0.4, 0.5) is 5.69 Å². The van der Waals surface area contributed by atoms with Crippen LogP contribution in [0.15, 0.2) is 71.1 Å². The molecule has 4 rings (SSSR count). The average Bonchev–Trinajstić information content (AvgIpc) is 3.29. The number of rotatable bonds is 6. The number of nitrogens with zero attached hydrogens (tertiary/aromatic N) is 2. The van der Waals surface area contributed by atoms with Gasteiger partial charge in [-0.2, -0.15) is 0 Å². The molecule has 4 aromatic rings. The number of aromatic nitrogens is 2. The van der Waals surface area contributed by atoms with E-state index in [9.17, 15) is 4.79 Å². The number of methoxy groups -OCH3 is 2. The van der Waals surface area contributed by atoms with Crippen molar-refractivity contribution in [2.75, 3.05) is 19.5 Å². The van der Waals surface area contributed by atoms with Crippen molar-refractivity contribution in [1.82, 2.24) is 10.2 Å². The topological polar surface area (TPSA) is 86.5 Å². The van der Waals surface area contributed by atoms with Crippen LogP contribution in [-0.2, 0) is 0 Å². The molecule has 3 aromatic carbocycles. The van der Waals surface area contributed by atoms with Gasteiger partial charge in [-0.25, -0.2) is 0 Å². The highest BCUT2D eigenvalue weighted by Crippen LogP contribution is 2.30. The summed E-state index contributed by atoms with van der Waals surface area (Å²) < 4.78 is 16.4. The fourth-order valence-corrected chi connectivity index (χ4v) is 3.20. The number of carbonyl (C=O) groups excluding carboxylic acids is 1. The molecule has 1 aromatic heterocycles. The second kappa shape index (κ2) is 8.71. The molecule has 0 bridgehead atoms. The second-order valence-corrected chi connectivity index (χ2v) is 6.85. The maximum atomic E-state index is 12.8. The van der Waals surface area contributed by atoms with E-state index < -0.39 is 0 Å². The predicted molar refractivity (Wildman–Crippen MR) is 117 cm³/mol. The van der Waals surface area contributed by atoms with E-state index in [-0.39, 0.29) is 5.91 Å². The maximum Gasteiger partial charge on any atom is 0.263 e. The van der Waals surface area contributed by atoms with Crippen LogP contribution in [0, 0.1) is 6.92 Å². The Morgan fingerprint density at radius 1 is 0.839 bits per heavy atom. The van der Waals surface area contributed by atoms with Gasteiger partial charge in [0.2, 0.25) is 11.8 Å². The van der Waals surface area contributed by atoms with Crippen molar-refractivity contribution in [3.05, 3.63) is 77.9 Å². The van der Waals surface area contributed by atoms with Gasteiger partial charge in [0.05, 0.1) is 14.2 Å². The van der Waals surface area contributed by atoms with E-state index >= 15 is 0 Å². The van der Waals surface area contributed by atoms with Gasteiger partial charge in [-0.15, -0.1) is 10.2 Å². The molecule has 1 N–H and O–H groups in total. The SMILES string of the molecule is COc1cccc(OC)c1C(=O)Nc1ccc(-c2nnc(-c3cccc(C)c3)o2)cc1. The lowest BCUT2D eigenvalue weighted by molar-refractivity contribution is 0.102. The molecule has 7 nitrogen and oxygen atoms in total. The lowest BCUT2D eigenvalue weighted by atomic mass is 10.1. The fraction of sp³-hybridized carbons (Fsp3) is 0.125. The smallest absolute Gasteiger partial charge is 0.263 e. The minimum atomic E-state index is -0.332. The number of amides is 1. The summed E-state index contributed by atoms with van der Waals surface area (Å²) in [5, 5.41) is 11.1. The van der Waals surface area contributed by atoms with Gasteiger partial charge in [0, 0.05) is 16.8 Å². The summed E-state index contributed by atoms with van der Waals surface area (Å²) in [6, 6.07) is 20.2. The number of nitrogens with one attached hydrogen (secondary N) is 1. The summed E-state index contributed by atoms with van der Waals surface area (Å²) in [5.74, 6) is 1.40. The van der Waals surface area contributed by atoms with Crippen LogP contribution in [-0.4, -0.2) is 30.3 Å². The summed E-state index contributed by atoms with van der Waals surface area (Å²) in [5.41, 5.74) is 3.67. The molecule has 0 atom stereocenters. The van der Waals surface area contributed by atoms with E-state index in [4.69, 9.17) is 13.9 Å². The Kier molecular flexibility index (Phi) is 5.66. The molecule has 0 radical (unpaired) electrons. The minimum Gasteiger partial charge on any atom is -0.496 e. The third kappa shape index (κ3) is 4.25. The Hall–Kier alpha value is -4.13. The van der Waals surface area contributed by atoms with Crippen LogP contribution in [0.5, 0.6) is 11.5 Å². The van der Waals surface area contributed by atoms with Crippen molar-refractivity contribution in [2.24, 2.45) is 0 Å². The first-order chi connectivity index (χ1) is 15.1. The van der Waals surface area contributed by atoms with Gasteiger partial charge in [-0.1, -0.05) is 23.8 Å². The summed E-state index contributed by atoms with van der Waals surface area (Å²) in [7, 11) is 3.02. The molecular formula is C24H21N3O4. The number of anilines is 1. The first kappa shape index (κ1) is 20.2.